The van der Waals surface area contributed by atoms with Crippen molar-refractivity contribution in [3.05, 3.63) is 70.6 Å². The number of benzene rings is 2. The molecule has 1 aromatic heterocycles. The van der Waals surface area contributed by atoms with Gasteiger partial charge in [-0.15, -0.1) is 10.2 Å². The Labute approximate surface area is 137 Å². The molecule has 0 fully saturated rings. The first-order valence-corrected chi connectivity index (χ1v) is 7.29. The van der Waals surface area contributed by atoms with Crippen LogP contribution in [0.3, 0.4) is 0 Å². The predicted molar refractivity (Wildman–Crippen MR) is 91.9 cm³/mol. The third-order valence-corrected chi connectivity index (χ3v) is 3.32. The first kappa shape index (κ1) is 15.4. The molecule has 0 bridgehead atoms. The molecule has 120 valence electrons. The van der Waals surface area contributed by atoms with Crippen molar-refractivity contribution in [2.75, 3.05) is 10.6 Å². The van der Waals surface area contributed by atoms with Gasteiger partial charge in [-0.1, -0.05) is 30.3 Å². The van der Waals surface area contributed by atoms with Crippen molar-refractivity contribution in [1.29, 1.82) is 0 Å². The van der Waals surface area contributed by atoms with E-state index in [0.29, 0.717) is 22.8 Å². The molecular weight excluding hydrogens is 306 g/mol. The number of carbonyl (C=O) groups excluding carboxylic acids is 1. The van der Waals surface area contributed by atoms with Crippen LogP contribution in [0.1, 0.15) is 5.69 Å². The SMILES string of the molecule is Cc1nnc(-c2ccccc2NC(=O)Nc2ccccc2)[nH]c1=O. The molecule has 0 aliphatic heterocycles. The average Bonchev–Trinajstić information content (AvgIpc) is 2.59. The van der Waals surface area contributed by atoms with E-state index < -0.39 is 6.03 Å². The molecule has 0 aliphatic carbocycles. The second-order valence-corrected chi connectivity index (χ2v) is 5.08. The van der Waals surface area contributed by atoms with Gasteiger partial charge >= 0.3 is 6.03 Å². The molecule has 0 unspecified atom stereocenters. The Morgan fingerprint density at radius 2 is 1.67 bits per heavy atom. The fraction of sp³-hybridized carbons (Fsp3) is 0.0588. The fourth-order valence-electron chi connectivity index (χ4n) is 2.12. The van der Waals surface area contributed by atoms with E-state index in [-0.39, 0.29) is 11.3 Å². The Balaban J connectivity index is 1.85. The lowest BCUT2D eigenvalue weighted by atomic mass is 10.1. The minimum absolute atomic E-state index is 0.283. The Bertz CT molecular complexity index is 922. The predicted octanol–water partition coefficient (Wildman–Crippen LogP) is 2.78. The standard InChI is InChI=1S/C17H15N5O2/c1-11-16(23)20-15(22-21-11)13-9-5-6-10-14(13)19-17(24)18-12-7-3-2-4-8-12/h2-10H,1H3,(H2,18,19,24)(H,20,22,23). The number of hydrogen-bond donors (Lipinski definition) is 3. The van der Waals surface area contributed by atoms with E-state index in [0.717, 1.165) is 0 Å². The minimum atomic E-state index is -0.393. The van der Waals surface area contributed by atoms with Crippen LogP contribution in [0.15, 0.2) is 59.4 Å². The van der Waals surface area contributed by atoms with Crippen LogP contribution in [0, 0.1) is 6.92 Å². The summed E-state index contributed by atoms with van der Waals surface area (Å²) in [6.07, 6.45) is 0. The number of urea groups is 1. The summed E-state index contributed by atoms with van der Waals surface area (Å²) < 4.78 is 0. The number of carbonyl (C=O) groups is 1. The topological polar surface area (TPSA) is 99.8 Å². The molecule has 0 radical (unpaired) electrons. The molecule has 24 heavy (non-hydrogen) atoms. The highest BCUT2D eigenvalue weighted by Gasteiger charge is 2.11. The monoisotopic (exact) mass is 321 g/mol. The van der Waals surface area contributed by atoms with Gasteiger partial charge in [0.2, 0.25) is 0 Å². The summed E-state index contributed by atoms with van der Waals surface area (Å²) in [5.41, 5.74) is 1.73. The van der Waals surface area contributed by atoms with E-state index >= 15 is 0 Å². The van der Waals surface area contributed by atoms with Gasteiger partial charge < -0.3 is 15.6 Å². The zero-order valence-corrected chi connectivity index (χ0v) is 12.9. The van der Waals surface area contributed by atoms with Gasteiger partial charge in [0.05, 0.1) is 5.69 Å². The lowest BCUT2D eigenvalue weighted by Crippen LogP contribution is -2.20. The molecule has 3 rings (SSSR count). The van der Waals surface area contributed by atoms with Crippen LogP contribution in [0.25, 0.3) is 11.4 Å². The second kappa shape index (κ2) is 6.74. The van der Waals surface area contributed by atoms with Crippen LogP contribution >= 0.6 is 0 Å². The Morgan fingerprint density at radius 1 is 0.958 bits per heavy atom. The number of aromatic amines is 1. The van der Waals surface area contributed by atoms with Crippen molar-refractivity contribution in [3.63, 3.8) is 0 Å². The molecule has 1 heterocycles. The molecule has 0 saturated heterocycles. The van der Waals surface area contributed by atoms with Gasteiger partial charge in [0, 0.05) is 11.3 Å². The van der Waals surface area contributed by atoms with E-state index in [2.05, 4.69) is 25.8 Å². The Morgan fingerprint density at radius 3 is 2.42 bits per heavy atom. The van der Waals surface area contributed by atoms with Crippen LogP contribution in [0.5, 0.6) is 0 Å². The fourth-order valence-corrected chi connectivity index (χ4v) is 2.12. The number of aromatic nitrogens is 3. The molecule has 7 nitrogen and oxygen atoms in total. The van der Waals surface area contributed by atoms with E-state index in [9.17, 15) is 9.59 Å². The van der Waals surface area contributed by atoms with Crippen LogP contribution < -0.4 is 16.2 Å². The van der Waals surface area contributed by atoms with Gasteiger partial charge in [-0.05, 0) is 31.2 Å². The van der Waals surface area contributed by atoms with Crippen molar-refractivity contribution < 1.29 is 4.79 Å². The van der Waals surface area contributed by atoms with Gasteiger partial charge in [0.25, 0.3) is 5.56 Å². The molecule has 3 N–H and O–H groups in total. The van der Waals surface area contributed by atoms with Gasteiger partial charge in [0.15, 0.2) is 5.82 Å². The molecule has 0 saturated carbocycles. The third kappa shape index (κ3) is 3.46. The average molecular weight is 321 g/mol. The van der Waals surface area contributed by atoms with E-state index in [1.54, 1.807) is 43.3 Å². The molecule has 0 spiro atoms. The summed E-state index contributed by atoms with van der Waals surface area (Å²) >= 11 is 0. The molecule has 2 amide bonds. The maximum absolute atomic E-state index is 12.2. The Kier molecular flexibility index (Phi) is 4.33. The first-order valence-electron chi connectivity index (χ1n) is 7.29. The summed E-state index contributed by atoms with van der Waals surface area (Å²) in [7, 11) is 0. The van der Waals surface area contributed by atoms with Crippen LogP contribution in [0.2, 0.25) is 0 Å². The van der Waals surface area contributed by atoms with Gasteiger partial charge in [-0.25, -0.2) is 4.79 Å². The van der Waals surface area contributed by atoms with E-state index in [4.69, 9.17) is 0 Å². The molecule has 3 aromatic rings. The summed E-state index contributed by atoms with van der Waals surface area (Å²) in [6, 6.07) is 15.7. The van der Waals surface area contributed by atoms with Crippen molar-refractivity contribution in [3.8, 4) is 11.4 Å². The lowest BCUT2D eigenvalue weighted by Gasteiger charge is -2.11. The van der Waals surface area contributed by atoms with Gasteiger partial charge in [-0.2, -0.15) is 0 Å². The largest absolute Gasteiger partial charge is 0.323 e. The third-order valence-electron chi connectivity index (χ3n) is 3.32. The van der Waals surface area contributed by atoms with E-state index in [1.165, 1.54) is 0 Å². The lowest BCUT2D eigenvalue weighted by molar-refractivity contribution is 0.262. The summed E-state index contributed by atoms with van der Waals surface area (Å²) in [5.74, 6) is 0.293. The maximum Gasteiger partial charge on any atom is 0.323 e. The molecular formula is C17H15N5O2. The number of aryl methyl sites for hydroxylation is 1. The van der Waals surface area contributed by atoms with Crippen LogP contribution in [0.4, 0.5) is 16.2 Å². The highest BCUT2D eigenvalue weighted by atomic mass is 16.2. The molecule has 2 aromatic carbocycles. The van der Waals surface area contributed by atoms with Crippen LogP contribution in [-0.2, 0) is 0 Å². The molecule has 0 atom stereocenters. The number of nitrogens with one attached hydrogen (secondary N) is 3. The number of para-hydroxylation sites is 2. The minimum Gasteiger partial charge on any atom is -0.308 e. The van der Waals surface area contributed by atoms with Gasteiger partial charge in [0.1, 0.15) is 5.69 Å². The number of hydrogen-bond acceptors (Lipinski definition) is 4. The highest BCUT2D eigenvalue weighted by Crippen LogP contribution is 2.24. The van der Waals surface area contributed by atoms with E-state index in [1.807, 2.05) is 18.2 Å². The van der Waals surface area contributed by atoms with Crippen molar-refractivity contribution >= 4 is 17.4 Å². The normalized spacial score (nSPS) is 10.2. The highest BCUT2D eigenvalue weighted by molar-refractivity contribution is 6.01. The van der Waals surface area contributed by atoms with Crippen molar-refractivity contribution in [1.82, 2.24) is 15.2 Å². The van der Waals surface area contributed by atoms with Crippen LogP contribution in [-0.4, -0.2) is 21.2 Å². The molecule has 0 aliphatic rings. The van der Waals surface area contributed by atoms with Crippen molar-refractivity contribution in [2.24, 2.45) is 0 Å². The van der Waals surface area contributed by atoms with Crippen molar-refractivity contribution in [2.45, 2.75) is 6.92 Å². The summed E-state index contributed by atoms with van der Waals surface area (Å²) in [4.78, 5) is 26.5. The zero-order chi connectivity index (χ0) is 16.9. The number of anilines is 2. The summed E-state index contributed by atoms with van der Waals surface area (Å²) in [5, 5.41) is 13.3. The quantitative estimate of drug-likeness (QED) is 0.690. The number of nitrogens with zero attached hydrogens (tertiary/aromatic N) is 2. The first-order chi connectivity index (χ1) is 11.6. The number of rotatable bonds is 3. The Hall–Kier alpha value is -3.48. The number of amides is 2. The maximum atomic E-state index is 12.2. The number of H-pyrrole nitrogens is 1. The smallest absolute Gasteiger partial charge is 0.308 e. The summed E-state index contributed by atoms with van der Waals surface area (Å²) in [6.45, 7) is 1.58. The zero-order valence-electron chi connectivity index (χ0n) is 12.9. The van der Waals surface area contributed by atoms with Gasteiger partial charge in [-0.3, -0.25) is 4.79 Å². The second-order valence-electron chi connectivity index (χ2n) is 5.08. The molecule has 7 heteroatoms.